The van der Waals surface area contributed by atoms with Crippen molar-refractivity contribution >= 4 is 35.3 Å². The van der Waals surface area contributed by atoms with Gasteiger partial charge in [0, 0.05) is 10.6 Å². The number of hydrazone groups is 1. The molecule has 0 atom stereocenters. The Morgan fingerprint density at radius 1 is 1.35 bits per heavy atom. The van der Waals surface area contributed by atoms with Gasteiger partial charge in [-0.2, -0.15) is 5.10 Å². The van der Waals surface area contributed by atoms with Crippen molar-refractivity contribution in [2.45, 2.75) is 17.8 Å². The van der Waals surface area contributed by atoms with Crippen molar-refractivity contribution in [2.75, 3.05) is 11.3 Å². The van der Waals surface area contributed by atoms with Crippen molar-refractivity contribution in [1.82, 2.24) is 14.9 Å². The minimum Gasteiger partial charge on any atom is -0.334 e. The number of aromatic nitrogens is 3. The van der Waals surface area contributed by atoms with E-state index >= 15 is 0 Å². The van der Waals surface area contributed by atoms with Crippen LogP contribution in [0.2, 0.25) is 0 Å². The largest absolute Gasteiger partial charge is 0.334 e. The molecule has 3 aromatic rings. The Balaban J connectivity index is 1.60. The molecule has 0 bridgehead atoms. The van der Waals surface area contributed by atoms with Crippen LogP contribution in [0.15, 0.2) is 52.0 Å². The van der Waals surface area contributed by atoms with Gasteiger partial charge in [-0.05, 0) is 23.9 Å². The van der Waals surface area contributed by atoms with Gasteiger partial charge in [0.15, 0.2) is 0 Å². The SMILES string of the molecule is Cc1cccc(CSc2nnc(N/N=C/c3cccs3)n2N)c1. The topological polar surface area (TPSA) is 81.1 Å². The van der Waals surface area contributed by atoms with E-state index in [0.717, 1.165) is 10.6 Å². The molecule has 0 saturated carbocycles. The first-order valence-electron chi connectivity index (χ1n) is 6.94. The van der Waals surface area contributed by atoms with Crippen molar-refractivity contribution in [3.63, 3.8) is 0 Å². The summed E-state index contributed by atoms with van der Waals surface area (Å²) in [6.07, 6.45) is 1.72. The van der Waals surface area contributed by atoms with Gasteiger partial charge < -0.3 is 5.84 Å². The summed E-state index contributed by atoms with van der Waals surface area (Å²) in [6, 6.07) is 12.3. The number of anilines is 1. The van der Waals surface area contributed by atoms with Crippen LogP contribution in [0.25, 0.3) is 0 Å². The fourth-order valence-corrected chi connectivity index (χ4v) is 3.30. The number of nitrogen functional groups attached to an aromatic ring is 1. The normalized spacial score (nSPS) is 11.2. The number of nitrogens with one attached hydrogen (secondary N) is 1. The van der Waals surface area contributed by atoms with Gasteiger partial charge >= 0.3 is 0 Å². The highest BCUT2D eigenvalue weighted by Gasteiger charge is 2.09. The highest BCUT2D eigenvalue weighted by atomic mass is 32.2. The number of thioether (sulfide) groups is 1. The maximum Gasteiger partial charge on any atom is 0.264 e. The van der Waals surface area contributed by atoms with Crippen molar-refractivity contribution in [3.8, 4) is 0 Å². The van der Waals surface area contributed by atoms with E-state index in [9.17, 15) is 0 Å². The van der Waals surface area contributed by atoms with Crippen LogP contribution in [0.4, 0.5) is 5.95 Å². The third-order valence-electron chi connectivity index (χ3n) is 3.01. The molecule has 8 heteroatoms. The first-order chi connectivity index (χ1) is 11.2. The number of hydrogen-bond acceptors (Lipinski definition) is 7. The summed E-state index contributed by atoms with van der Waals surface area (Å²) in [5.41, 5.74) is 5.27. The van der Waals surface area contributed by atoms with Crippen LogP contribution in [0.3, 0.4) is 0 Å². The molecule has 0 amide bonds. The number of benzene rings is 1. The summed E-state index contributed by atoms with van der Waals surface area (Å²) < 4.78 is 1.41. The van der Waals surface area contributed by atoms with Crippen molar-refractivity contribution in [3.05, 3.63) is 57.8 Å². The lowest BCUT2D eigenvalue weighted by Gasteiger charge is -2.03. The number of aryl methyl sites for hydroxylation is 1. The fraction of sp³-hybridized carbons (Fsp3) is 0.133. The summed E-state index contributed by atoms with van der Waals surface area (Å²) in [4.78, 5) is 1.05. The zero-order chi connectivity index (χ0) is 16.1. The molecule has 2 aromatic heterocycles. The zero-order valence-corrected chi connectivity index (χ0v) is 14.1. The zero-order valence-electron chi connectivity index (χ0n) is 12.5. The number of thiophene rings is 1. The lowest BCUT2D eigenvalue weighted by Crippen LogP contribution is -2.13. The molecule has 0 saturated heterocycles. The lowest BCUT2D eigenvalue weighted by atomic mass is 10.2. The average molecular weight is 344 g/mol. The number of rotatable bonds is 6. The maximum atomic E-state index is 5.99. The highest BCUT2D eigenvalue weighted by molar-refractivity contribution is 7.98. The first-order valence-corrected chi connectivity index (χ1v) is 8.80. The molecule has 0 fully saturated rings. The molecule has 6 nitrogen and oxygen atoms in total. The van der Waals surface area contributed by atoms with E-state index in [1.165, 1.54) is 27.6 Å². The number of nitrogens with two attached hydrogens (primary N) is 1. The Morgan fingerprint density at radius 3 is 3.04 bits per heavy atom. The lowest BCUT2D eigenvalue weighted by molar-refractivity contribution is 0.847. The van der Waals surface area contributed by atoms with E-state index in [1.807, 2.05) is 23.6 Å². The Morgan fingerprint density at radius 2 is 2.26 bits per heavy atom. The monoisotopic (exact) mass is 344 g/mol. The second-order valence-corrected chi connectivity index (χ2v) is 6.76. The Bertz CT molecular complexity index is 794. The molecule has 118 valence electrons. The van der Waals surface area contributed by atoms with Gasteiger partial charge in [0.2, 0.25) is 5.16 Å². The van der Waals surface area contributed by atoms with Crippen LogP contribution in [-0.4, -0.2) is 21.1 Å². The summed E-state index contributed by atoms with van der Waals surface area (Å²) >= 11 is 3.14. The van der Waals surface area contributed by atoms with Gasteiger partial charge in [-0.25, -0.2) is 10.1 Å². The second kappa shape index (κ2) is 7.30. The third kappa shape index (κ3) is 4.11. The molecule has 1 aromatic carbocycles. The van der Waals surface area contributed by atoms with Crippen LogP contribution in [0.1, 0.15) is 16.0 Å². The summed E-state index contributed by atoms with van der Waals surface area (Å²) in [7, 11) is 0. The van der Waals surface area contributed by atoms with Crippen molar-refractivity contribution < 1.29 is 0 Å². The van der Waals surface area contributed by atoms with Crippen LogP contribution in [0, 0.1) is 6.92 Å². The Labute approximate surface area is 142 Å². The van der Waals surface area contributed by atoms with Crippen LogP contribution in [-0.2, 0) is 5.75 Å². The standard InChI is InChI=1S/C15H16N6S2/c1-11-4-2-5-12(8-11)10-23-15-20-19-14(21(15)16)18-17-9-13-6-3-7-22-13/h2-9H,10,16H2,1H3,(H,18,19)/b17-9+. The molecular formula is C15H16N6S2. The van der Waals surface area contributed by atoms with E-state index in [4.69, 9.17) is 5.84 Å². The van der Waals surface area contributed by atoms with E-state index in [0.29, 0.717) is 11.1 Å². The predicted octanol–water partition coefficient (Wildman–Crippen LogP) is 3.10. The van der Waals surface area contributed by atoms with Crippen molar-refractivity contribution in [2.24, 2.45) is 5.10 Å². The molecule has 0 aliphatic rings. The van der Waals surface area contributed by atoms with E-state index in [1.54, 1.807) is 17.6 Å². The minimum absolute atomic E-state index is 0.407. The number of hydrogen-bond donors (Lipinski definition) is 2. The number of nitrogens with zero attached hydrogens (tertiary/aromatic N) is 4. The summed E-state index contributed by atoms with van der Waals surface area (Å²) in [5, 5.41) is 14.8. The van der Waals surface area contributed by atoms with E-state index in [-0.39, 0.29) is 0 Å². The molecule has 2 heterocycles. The van der Waals surface area contributed by atoms with E-state index < -0.39 is 0 Å². The van der Waals surface area contributed by atoms with E-state index in [2.05, 4.69) is 45.8 Å². The van der Waals surface area contributed by atoms with Gasteiger partial charge in [0.25, 0.3) is 5.95 Å². The molecule has 0 radical (unpaired) electrons. The molecule has 0 aliphatic carbocycles. The van der Waals surface area contributed by atoms with Gasteiger partial charge in [0.05, 0.1) is 6.21 Å². The van der Waals surface area contributed by atoms with Gasteiger partial charge in [-0.1, -0.05) is 47.7 Å². The molecule has 3 N–H and O–H groups in total. The van der Waals surface area contributed by atoms with Crippen molar-refractivity contribution in [1.29, 1.82) is 0 Å². The van der Waals surface area contributed by atoms with Gasteiger partial charge in [0.1, 0.15) is 0 Å². The van der Waals surface area contributed by atoms with Crippen LogP contribution >= 0.6 is 23.1 Å². The highest BCUT2D eigenvalue weighted by Crippen LogP contribution is 2.22. The Kier molecular flexibility index (Phi) is 4.94. The fourth-order valence-electron chi connectivity index (χ4n) is 1.92. The molecule has 3 rings (SSSR count). The molecule has 0 unspecified atom stereocenters. The predicted molar refractivity (Wildman–Crippen MR) is 96.4 cm³/mol. The molecule has 0 aliphatic heterocycles. The smallest absolute Gasteiger partial charge is 0.264 e. The van der Waals surface area contributed by atoms with Gasteiger partial charge in [-0.3, -0.25) is 0 Å². The summed E-state index contributed by atoms with van der Waals surface area (Å²) in [6.45, 7) is 2.08. The van der Waals surface area contributed by atoms with Crippen LogP contribution < -0.4 is 11.3 Å². The second-order valence-electron chi connectivity index (χ2n) is 4.84. The summed E-state index contributed by atoms with van der Waals surface area (Å²) in [5.74, 6) is 7.19. The van der Waals surface area contributed by atoms with Crippen LogP contribution in [0.5, 0.6) is 0 Å². The Hall–Kier alpha value is -2.32. The minimum atomic E-state index is 0.407. The molecular weight excluding hydrogens is 328 g/mol. The quantitative estimate of drug-likeness (QED) is 0.311. The molecule has 0 spiro atoms. The molecule has 23 heavy (non-hydrogen) atoms. The third-order valence-corrected chi connectivity index (χ3v) is 4.84. The first kappa shape index (κ1) is 15.6. The van der Waals surface area contributed by atoms with Gasteiger partial charge in [-0.15, -0.1) is 21.5 Å². The maximum absolute atomic E-state index is 5.99. The average Bonchev–Trinajstić information content (AvgIpc) is 3.17.